The van der Waals surface area contributed by atoms with Gasteiger partial charge in [0, 0.05) is 49.7 Å². The topological polar surface area (TPSA) is 78.5 Å². The Hall–Kier alpha value is -3.09. The van der Waals surface area contributed by atoms with Crippen LogP contribution in [0.3, 0.4) is 0 Å². The molecule has 4 rings (SSSR count). The van der Waals surface area contributed by atoms with Crippen molar-refractivity contribution in [2.45, 2.75) is 31.7 Å². The van der Waals surface area contributed by atoms with Crippen LogP contribution in [0, 0.1) is 5.92 Å². The molecule has 1 N–H and O–H groups in total. The van der Waals surface area contributed by atoms with E-state index in [4.69, 9.17) is 4.74 Å². The van der Waals surface area contributed by atoms with Gasteiger partial charge in [0.15, 0.2) is 0 Å². The Morgan fingerprint density at radius 2 is 2.20 bits per heavy atom. The number of hydrogen-bond donors (Lipinski definition) is 1. The zero-order valence-electron chi connectivity index (χ0n) is 17.3. The van der Waals surface area contributed by atoms with Crippen molar-refractivity contribution in [3.8, 4) is 17.0 Å². The van der Waals surface area contributed by atoms with Crippen molar-refractivity contribution in [2.75, 3.05) is 31.6 Å². The first-order chi connectivity index (χ1) is 14.6. The fourth-order valence-electron chi connectivity index (χ4n) is 4.11. The summed E-state index contributed by atoms with van der Waals surface area (Å²) in [5.41, 5.74) is 2.39. The van der Waals surface area contributed by atoms with Crippen molar-refractivity contribution in [3.63, 3.8) is 0 Å². The number of aromatic nitrogens is 2. The number of likely N-dealkylation sites (tertiary alicyclic amines) is 1. The molecule has 2 fully saturated rings. The molecule has 0 spiro atoms. The maximum Gasteiger partial charge on any atom is 0.271 e. The first kappa shape index (κ1) is 20.2. The highest BCUT2D eigenvalue weighted by atomic mass is 16.5. The van der Waals surface area contributed by atoms with Gasteiger partial charge in [0.1, 0.15) is 5.69 Å². The lowest BCUT2D eigenvalue weighted by molar-refractivity contribution is -0.127. The lowest BCUT2D eigenvalue weighted by atomic mass is 10.0. The number of aromatic amines is 1. The van der Waals surface area contributed by atoms with Crippen molar-refractivity contribution in [1.82, 2.24) is 14.9 Å². The Morgan fingerprint density at radius 1 is 1.37 bits per heavy atom. The zero-order chi connectivity index (χ0) is 21.1. The molecular weight excluding hydrogens is 380 g/mol. The van der Waals surface area contributed by atoms with Gasteiger partial charge in [-0.05, 0) is 55.4 Å². The highest BCUT2D eigenvalue weighted by molar-refractivity contribution is 5.87. The number of rotatable bonds is 7. The summed E-state index contributed by atoms with van der Waals surface area (Å²) >= 11 is 0. The van der Waals surface area contributed by atoms with Crippen LogP contribution in [0.1, 0.15) is 25.7 Å². The Bertz CT molecular complexity index is 982. The number of methoxy groups -OCH3 is 1. The van der Waals surface area contributed by atoms with Gasteiger partial charge in [0.2, 0.25) is 11.8 Å². The van der Waals surface area contributed by atoms with Crippen LogP contribution in [0.4, 0.5) is 5.69 Å². The van der Waals surface area contributed by atoms with Gasteiger partial charge >= 0.3 is 0 Å². The minimum Gasteiger partial charge on any atom is -0.481 e. The minimum absolute atomic E-state index is 0.0439. The molecule has 1 saturated carbocycles. The molecule has 0 unspecified atom stereocenters. The van der Waals surface area contributed by atoms with E-state index in [0.717, 1.165) is 37.1 Å². The van der Waals surface area contributed by atoms with Gasteiger partial charge in [-0.3, -0.25) is 9.59 Å². The van der Waals surface area contributed by atoms with Gasteiger partial charge in [-0.2, -0.15) is 0 Å². The number of anilines is 1. The molecule has 7 heteroatoms. The highest BCUT2D eigenvalue weighted by Gasteiger charge is 2.33. The second kappa shape index (κ2) is 8.73. The normalized spacial score (nSPS) is 18.7. The third-order valence-corrected chi connectivity index (χ3v) is 5.95. The number of nitrogens with zero attached hydrogens (tertiary/aromatic N) is 3. The van der Waals surface area contributed by atoms with E-state index < -0.39 is 0 Å². The first-order valence-corrected chi connectivity index (χ1v) is 10.5. The monoisotopic (exact) mass is 408 g/mol. The van der Waals surface area contributed by atoms with E-state index >= 15 is 0 Å². The van der Waals surface area contributed by atoms with Crippen LogP contribution in [0.25, 0.3) is 11.1 Å². The van der Waals surface area contributed by atoms with Gasteiger partial charge in [0.05, 0.1) is 7.11 Å². The minimum atomic E-state index is -0.104. The van der Waals surface area contributed by atoms with Crippen LogP contribution in [-0.2, 0) is 4.79 Å². The lowest BCUT2D eigenvalue weighted by Crippen LogP contribution is -2.51. The average molecular weight is 409 g/mol. The van der Waals surface area contributed by atoms with Crippen molar-refractivity contribution < 1.29 is 9.53 Å². The first-order valence-electron chi connectivity index (χ1n) is 10.5. The molecule has 2 aromatic heterocycles. The molecule has 0 radical (unpaired) electrons. The van der Waals surface area contributed by atoms with Gasteiger partial charge in [-0.25, -0.2) is 4.98 Å². The van der Waals surface area contributed by atoms with Crippen molar-refractivity contribution in [3.05, 3.63) is 53.6 Å². The molecular formula is C23H28N4O3. The number of ether oxygens (including phenoxy) is 1. The third kappa shape index (κ3) is 4.40. The van der Waals surface area contributed by atoms with Crippen molar-refractivity contribution >= 4 is 11.6 Å². The molecule has 1 saturated heterocycles. The number of pyridine rings is 2. The molecule has 3 heterocycles. The molecule has 158 valence electrons. The van der Waals surface area contributed by atoms with Crippen LogP contribution in [-0.4, -0.2) is 53.6 Å². The maximum absolute atomic E-state index is 12.9. The molecule has 1 aliphatic heterocycles. The van der Waals surface area contributed by atoms with Gasteiger partial charge < -0.3 is 19.5 Å². The SMILES string of the molecule is C=CC(=O)N1CCC[C@H](N(CC2CC2)c2cc(-c3ccnc(OC)c3)c[nH]c2=O)C1. The lowest BCUT2D eigenvalue weighted by Gasteiger charge is -2.40. The average Bonchev–Trinajstić information content (AvgIpc) is 3.62. The van der Waals surface area contributed by atoms with Crippen LogP contribution < -0.4 is 15.2 Å². The highest BCUT2D eigenvalue weighted by Crippen LogP contribution is 2.34. The van der Waals surface area contributed by atoms with Crippen LogP contribution in [0.5, 0.6) is 5.88 Å². The van der Waals surface area contributed by atoms with Crippen LogP contribution in [0.15, 0.2) is 48.0 Å². The standard InChI is InChI=1S/C23H28N4O3/c1-3-22(28)26-10-4-5-19(15-26)27(14-16-6-7-16)20-11-18(13-25-23(20)29)17-8-9-24-21(12-17)30-2/h3,8-9,11-13,16,19H,1,4-7,10,14-15H2,2H3,(H,25,29)/t19-/m0/s1. The maximum atomic E-state index is 12.9. The number of piperidine rings is 1. The van der Waals surface area contributed by atoms with Crippen molar-refractivity contribution in [1.29, 1.82) is 0 Å². The molecule has 1 amide bonds. The molecule has 2 aliphatic rings. The Balaban J connectivity index is 1.67. The van der Waals surface area contributed by atoms with E-state index in [1.807, 2.05) is 23.1 Å². The second-order valence-electron chi connectivity index (χ2n) is 8.07. The number of amides is 1. The van der Waals surface area contributed by atoms with Crippen LogP contribution >= 0.6 is 0 Å². The summed E-state index contributed by atoms with van der Waals surface area (Å²) in [5.74, 6) is 1.10. The number of carbonyl (C=O) groups excluding carboxylic acids is 1. The van der Waals surface area contributed by atoms with E-state index in [2.05, 4.69) is 21.4 Å². The molecule has 1 atom stereocenters. The predicted molar refractivity (Wildman–Crippen MR) is 117 cm³/mol. The van der Waals surface area contributed by atoms with Gasteiger partial charge in [-0.1, -0.05) is 6.58 Å². The summed E-state index contributed by atoms with van der Waals surface area (Å²) < 4.78 is 5.24. The Labute approximate surface area is 176 Å². The Morgan fingerprint density at radius 3 is 2.93 bits per heavy atom. The summed E-state index contributed by atoms with van der Waals surface area (Å²) in [5, 5.41) is 0. The third-order valence-electron chi connectivity index (χ3n) is 5.95. The summed E-state index contributed by atoms with van der Waals surface area (Å²) in [4.78, 5) is 36.2. The van der Waals surface area contributed by atoms with E-state index in [-0.39, 0.29) is 17.5 Å². The van der Waals surface area contributed by atoms with Gasteiger partial charge in [0.25, 0.3) is 5.56 Å². The van der Waals surface area contributed by atoms with Crippen LogP contribution in [0.2, 0.25) is 0 Å². The van der Waals surface area contributed by atoms with E-state index in [1.54, 1.807) is 19.5 Å². The van der Waals surface area contributed by atoms with Gasteiger partial charge in [-0.15, -0.1) is 0 Å². The number of nitrogens with one attached hydrogen (secondary N) is 1. The molecule has 2 aromatic rings. The molecule has 1 aliphatic carbocycles. The quantitative estimate of drug-likeness (QED) is 0.713. The second-order valence-corrected chi connectivity index (χ2v) is 8.07. The molecule has 0 bridgehead atoms. The predicted octanol–water partition coefficient (Wildman–Crippen LogP) is 2.84. The molecule has 30 heavy (non-hydrogen) atoms. The summed E-state index contributed by atoms with van der Waals surface area (Å²) in [6, 6.07) is 5.82. The fraction of sp³-hybridized carbons (Fsp3) is 0.435. The number of hydrogen-bond acceptors (Lipinski definition) is 5. The van der Waals surface area contributed by atoms with E-state index in [0.29, 0.717) is 24.0 Å². The summed E-state index contributed by atoms with van der Waals surface area (Å²) in [6.45, 7) is 5.82. The summed E-state index contributed by atoms with van der Waals surface area (Å²) in [7, 11) is 1.58. The zero-order valence-corrected chi connectivity index (χ0v) is 17.3. The fourth-order valence-corrected chi connectivity index (χ4v) is 4.11. The largest absolute Gasteiger partial charge is 0.481 e. The number of carbonyl (C=O) groups is 1. The summed E-state index contributed by atoms with van der Waals surface area (Å²) in [6.07, 6.45) is 9.06. The number of H-pyrrole nitrogens is 1. The van der Waals surface area contributed by atoms with Crippen molar-refractivity contribution in [2.24, 2.45) is 5.92 Å². The smallest absolute Gasteiger partial charge is 0.271 e. The molecule has 0 aromatic carbocycles. The van der Waals surface area contributed by atoms with E-state index in [1.165, 1.54) is 18.9 Å². The Kier molecular flexibility index (Phi) is 5.88. The van der Waals surface area contributed by atoms with E-state index in [9.17, 15) is 9.59 Å². The molecule has 7 nitrogen and oxygen atoms in total.